The zero-order chi connectivity index (χ0) is 66.4. The van der Waals surface area contributed by atoms with Gasteiger partial charge in [0.05, 0.1) is 174 Å². The number of nitro groups is 2. The second kappa shape index (κ2) is 30.3. The lowest BCUT2D eigenvalue weighted by Crippen LogP contribution is -3.16. The molecular formula is C66H84N8O26. The van der Waals surface area contributed by atoms with Crippen molar-refractivity contribution in [3.05, 3.63) is 139 Å². The maximum Gasteiger partial charge on any atom is 0.269 e. The third kappa shape index (κ3) is 12.4. The summed E-state index contributed by atoms with van der Waals surface area (Å²) in [5, 5.41) is 63.1. The molecule has 4 aromatic carbocycles. The zero-order valence-corrected chi connectivity index (χ0v) is 54.9. The van der Waals surface area contributed by atoms with Crippen LogP contribution in [-0.2, 0) is 39.5 Å². The number of fused-ring (bicyclic) bond motifs is 4. The number of piperidine rings is 4. The van der Waals surface area contributed by atoms with Crippen LogP contribution in [0, 0.1) is 43.9 Å². The molecule has 4 aromatic rings. The van der Waals surface area contributed by atoms with Crippen molar-refractivity contribution < 1.29 is 130 Å². The number of carbonyl (C=O) groups excluding carboxylic acids is 6. The first-order chi connectivity index (χ1) is 45.2. The summed E-state index contributed by atoms with van der Waals surface area (Å²) in [7, 11) is 6.74. The number of carbonyl (C=O) groups is 6. The largest absolute Gasteiger partial charge is 0.548 e. The van der Waals surface area contributed by atoms with E-state index in [0.29, 0.717) is 73.3 Å². The molecule has 8 fully saturated rings. The van der Waals surface area contributed by atoms with E-state index in [2.05, 4.69) is 46.2 Å². The SMILES string of the molecule is COc1cc2c(cc1OC)[C@@]13CC[NH+]4CC5=CCO[C@H]6CC(=O)N2[C@H]1[C@H]6[C@H]5C[C@H]43.COc1cc2c(cc1OC)[C@@]13CC[NH+]4CC5=CCO[C@H]6CC(=O)N2[C@H]1[C@H]6[C@H]5C[C@H]43.O.O.O.O.O.O.O=C(N[C@H](CO)C(=O)[O-])c1ccc([N+](=O)[O-])cc1.O=C(N[C@H](CO)C(=O)[O-])c1ccc([N+](=O)[O-])cc1. The minimum absolute atomic E-state index is 0. The fourth-order valence-electron chi connectivity index (χ4n) is 18.5. The summed E-state index contributed by atoms with van der Waals surface area (Å²) in [6.45, 7) is 4.36. The first kappa shape index (κ1) is 78.0. The molecule has 4 bridgehead atoms. The van der Waals surface area contributed by atoms with Crippen LogP contribution in [0.25, 0.3) is 0 Å². The summed E-state index contributed by atoms with van der Waals surface area (Å²) >= 11 is 0. The highest BCUT2D eigenvalue weighted by atomic mass is 16.6. The third-order valence-corrected chi connectivity index (χ3v) is 22.2. The van der Waals surface area contributed by atoms with Gasteiger partial charge < -0.3 is 122 Å². The monoisotopic (exact) mass is 1400 g/mol. The number of rotatable bonds is 14. The van der Waals surface area contributed by atoms with E-state index in [0.717, 1.165) is 73.1 Å². The molecule has 16 rings (SSSR count). The number of non-ortho nitro benzene ring substituents is 2. The summed E-state index contributed by atoms with van der Waals surface area (Å²) < 4.78 is 35.2. The van der Waals surface area contributed by atoms with Crippen LogP contribution in [0.4, 0.5) is 22.7 Å². The lowest BCUT2D eigenvalue weighted by molar-refractivity contribution is -0.916. The van der Waals surface area contributed by atoms with E-state index >= 15 is 0 Å². The van der Waals surface area contributed by atoms with Crippen LogP contribution in [0.2, 0.25) is 0 Å². The smallest absolute Gasteiger partial charge is 0.269 e. The van der Waals surface area contributed by atoms with Crippen molar-refractivity contribution in [2.75, 3.05) is 90.8 Å². The summed E-state index contributed by atoms with van der Waals surface area (Å²) in [4.78, 5) is 98.1. The average molecular weight is 1410 g/mol. The summed E-state index contributed by atoms with van der Waals surface area (Å²) in [6, 6.07) is 16.1. The van der Waals surface area contributed by atoms with Gasteiger partial charge in [-0.15, -0.1) is 0 Å². The molecule has 34 nitrogen and oxygen atoms in total. The first-order valence-electron chi connectivity index (χ1n) is 31.5. The van der Waals surface area contributed by atoms with Gasteiger partial charge in [-0.25, -0.2) is 0 Å². The molecule has 4 amide bonds. The summed E-state index contributed by atoms with van der Waals surface area (Å²) in [5.74, 6) is 0.491. The van der Waals surface area contributed by atoms with Gasteiger partial charge in [-0.2, -0.15) is 0 Å². The molecule has 10 aliphatic heterocycles. The van der Waals surface area contributed by atoms with Gasteiger partial charge in [0.25, 0.3) is 23.2 Å². The summed E-state index contributed by atoms with van der Waals surface area (Å²) in [6.07, 6.45) is 10.4. The second-order valence-corrected chi connectivity index (χ2v) is 25.9. The van der Waals surface area contributed by atoms with Gasteiger partial charge in [-0.05, 0) is 70.5 Å². The van der Waals surface area contributed by atoms with E-state index in [1.165, 1.54) is 61.3 Å². The molecule has 10 heterocycles. The van der Waals surface area contributed by atoms with Gasteiger partial charge in [0.2, 0.25) is 11.8 Å². The van der Waals surface area contributed by atoms with Crippen LogP contribution < -0.4 is 59.4 Å². The van der Waals surface area contributed by atoms with Crippen molar-refractivity contribution in [3.8, 4) is 23.0 Å². The van der Waals surface area contributed by atoms with Crippen LogP contribution in [0.15, 0.2) is 96.1 Å². The molecule has 544 valence electrons. The van der Waals surface area contributed by atoms with Crippen molar-refractivity contribution >= 4 is 58.3 Å². The number of anilines is 2. The molecule has 12 aliphatic rings. The first-order valence-corrected chi connectivity index (χ1v) is 31.5. The predicted molar refractivity (Wildman–Crippen MR) is 346 cm³/mol. The average Bonchev–Trinajstić information content (AvgIpc) is 1.50. The van der Waals surface area contributed by atoms with E-state index in [4.69, 9.17) is 38.6 Å². The number of methoxy groups -OCH3 is 4. The van der Waals surface area contributed by atoms with Crippen molar-refractivity contribution in [2.24, 2.45) is 23.7 Å². The molecule has 0 aromatic heterocycles. The summed E-state index contributed by atoms with van der Waals surface area (Å²) in [5.41, 5.74) is 7.63. The molecule has 2 aliphatic carbocycles. The van der Waals surface area contributed by atoms with Crippen LogP contribution in [-0.4, -0.2) is 218 Å². The topological polar surface area (TPSA) is 559 Å². The number of amides is 4. The molecule has 6 saturated heterocycles. The number of hydrogen-bond donors (Lipinski definition) is 6. The maximum atomic E-state index is 13.5. The fraction of sp³-hybridized carbons (Fsp3) is 0.485. The molecule has 18 N–H and O–H groups in total. The molecular weight excluding hydrogens is 1320 g/mol. The van der Waals surface area contributed by atoms with E-state index in [-0.39, 0.29) is 102 Å². The Morgan fingerprint density at radius 3 is 1.23 bits per heavy atom. The van der Waals surface area contributed by atoms with E-state index in [1.54, 1.807) is 49.4 Å². The predicted octanol–water partition coefficient (Wildman–Crippen LogP) is -6.69. The number of quaternary nitrogens is 2. The Labute approximate surface area is 571 Å². The number of hydrogen-bond acceptors (Lipinski definition) is 20. The Balaban J connectivity index is 0.000000189. The van der Waals surface area contributed by atoms with Gasteiger partial charge >= 0.3 is 0 Å². The van der Waals surface area contributed by atoms with Gasteiger partial charge in [-0.3, -0.25) is 39.4 Å². The Morgan fingerprint density at radius 2 is 0.920 bits per heavy atom. The van der Waals surface area contributed by atoms with Crippen molar-refractivity contribution in [2.45, 2.75) is 97.8 Å². The Kier molecular flexibility index (Phi) is 23.6. The molecule has 100 heavy (non-hydrogen) atoms. The third-order valence-electron chi connectivity index (χ3n) is 22.2. The molecule has 34 heteroatoms. The lowest BCUT2D eigenvalue weighted by Gasteiger charge is -2.56. The molecule has 2 spiro atoms. The number of aliphatic hydroxyl groups excluding tert-OH is 2. The van der Waals surface area contributed by atoms with E-state index in [9.17, 15) is 59.2 Å². The molecule has 2 unspecified atom stereocenters. The van der Waals surface area contributed by atoms with Crippen LogP contribution in [0.3, 0.4) is 0 Å². The highest BCUT2D eigenvalue weighted by Crippen LogP contribution is 2.66. The van der Waals surface area contributed by atoms with Gasteiger partial charge in [-0.1, -0.05) is 12.2 Å². The Morgan fingerprint density at radius 1 is 0.580 bits per heavy atom. The minimum Gasteiger partial charge on any atom is -0.548 e. The zero-order valence-electron chi connectivity index (χ0n) is 54.9. The number of aliphatic hydroxyl groups is 2. The van der Waals surface area contributed by atoms with Crippen molar-refractivity contribution in [1.29, 1.82) is 0 Å². The lowest BCUT2D eigenvalue weighted by atomic mass is 9.53. The fourth-order valence-corrected chi connectivity index (χ4v) is 18.5. The number of nitrogens with one attached hydrogen (secondary N) is 4. The van der Waals surface area contributed by atoms with Crippen LogP contribution in [0.1, 0.15) is 70.4 Å². The number of carboxylic acids is 2. The Bertz CT molecular complexity index is 3610. The number of ether oxygens (including phenoxy) is 6. The van der Waals surface area contributed by atoms with Gasteiger partial charge in [0.15, 0.2) is 23.0 Å². The minimum atomic E-state index is -1.62. The second-order valence-electron chi connectivity index (χ2n) is 25.9. The molecule has 16 atom stereocenters. The van der Waals surface area contributed by atoms with Gasteiger partial charge in [0.1, 0.15) is 12.1 Å². The number of nitrogens with zero attached hydrogens (tertiary/aromatic N) is 4. The maximum absolute atomic E-state index is 13.5. The highest BCUT2D eigenvalue weighted by Gasteiger charge is 2.75. The normalized spacial score (nSPS) is 29.1. The number of nitro benzene ring substituents is 2. The van der Waals surface area contributed by atoms with Crippen LogP contribution >= 0.6 is 0 Å². The Hall–Kier alpha value is -9.30. The van der Waals surface area contributed by atoms with Gasteiger partial charge in [0, 0.05) is 85.0 Å². The van der Waals surface area contributed by atoms with E-state index < -0.39 is 58.9 Å². The molecule has 2 saturated carbocycles. The number of carboxylic acid groups (broad SMARTS) is 2. The highest BCUT2D eigenvalue weighted by molar-refractivity contribution is 6.01. The van der Waals surface area contributed by atoms with E-state index in [1.807, 2.05) is 10.6 Å². The number of benzene rings is 4. The quantitative estimate of drug-likeness (QED) is 0.0388. The molecule has 0 radical (unpaired) electrons. The standard InChI is InChI=1S/2C23H26N2O4.2C10H10N2O6.6H2O/c2*1-27-16-8-14-15(9-17(16)28-2)25-20(26)10-18-21-13-7-19-23(14,22(21)25)4-5-24(19)11-12(13)3-6-29-18;2*13-5-8(10(15)16)11-9(14)6-1-3-7(4-2-6)12(17)18;;;;;;/h2*3,8-9,13,18-19,21-22H,4-7,10-11H2,1-2H3;2*1-4,8,13H,5H2,(H,11,14)(H,15,16);6*1H2/t2*13-,18-,19-,21-,22-,23+;2*8-;;;;;;/m0011....../s1. The number of aliphatic carboxylic acids is 2. The van der Waals surface area contributed by atoms with Crippen molar-refractivity contribution in [3.63, 3.8) is 0 Å². The van der Waals surface area contributed by atoms with Crippen LogP contribution in [0.5, 0.6) is 23.0 Å². The van der Waals surface area contributed by atoms with Crippen molar-refractivity contribution in [1.82, 2.24) is 10.6 Å².